The van der Waals surface area contributed by atoms with Crippen LogP contribution in [0.2, 0.25) is 0 Å². The standard InChI is InChI=1S/C9H17NO3/c11-7-3-4-13-8(9(7)12)5-10-6-1-2-6/h6-12H,1-5H2. The van der Waals surface area contributed by atoms with Gasteiger partial charge in [0.05, 0.1) is 12.2 Å². The second kappa shape index (κ2) is 3.92. The topological polar surface area (TPSA) is 61.7 Å². The molecule has 3 unspecified atom stereocenters. The Balaban J connectivity index is 1.75. The molecule has 0 aromatic heterocycles. The predicted molar refractivity (Wildman–Crippen MR) is 47.4 cm³/mol. The van der Waals surface area contributed by atoms with E-state index in [0.717, 1.165) is 0 Å². The van der Waals surface area contributed by atoms with Gasteiger partial charge in [0.2, 0.25) is 0 Å². The van der Waals surface area contributed by atoms with Gasteiger partial charge in [0, 0.05) is 19.2 Å². The second-order valence-corrected chi connectivity index (χ2v) is 3.94. The molecule has 1 aliphatic carbocycles. The minimum atomic E-state index is -0.722. The lowest BCUT2D eigenvalue weighted by Crippen LogP contribution is -2.49. The molecule has 1 saturated heterocycles. The zero-order valence-electron chi connectivity index (χ0n) is 7.65. The van der Waals surface area contributed by atoms with Gasteiger partial charge in [-0.3, -0.25) is 0 Å². The Morgan fingerprint density at radius 3 is 2.69 bits per heavy atom. The minimum Gasteiger partial charge on any atom is -0.390 e. The Hall–Kier alpha value is -0.160. The average Bonchev–Trinajstić information content (AvgIpc) is 2.91. The van der Waals surface area contributed by atoms with Gasteiger partial charge in [0.1, 0.15) is 6.10 Å². The van der Waals surface area contributed by atoms with E-state index in [4.69, 9.17) is 4.74 Å². The van der Waals surface area contributed by atoms with Gasteiger partial charge in [-0.1, -0.05) is 0 Å². The molecule has 3 N–H and O–H groups in total. The largest absolute Gasteiger partial charge is 0.390 e. The van der Waals surface area contributed by atoms with Crippen LogP contribution in [0.3, 0.4) is 0 Å². The number of aliphatic hydroxyl groups excluding tert-OH is 2. The Morgan fingerprint density at radius 1 is 1.23 bits per heavy atom. The van der Waals surface area contributed by atoms with E-state index in [1.807, 2.05) is 0 Å². The molecule has 0 radical (unpaired) electrons. The van der Waals surface area contributed by atoms with Crippen molar-refractivity contribution >= 4 is 0 Å². The maximum atomic E-state index is 9.56. The van der Waals surface area contributed by atoms with Crippen molar-refractivity contribution in [2.75, 3.05) is 13.2 Å². The van der Waals surface area contributed by atoms with Crippen molar-refractivity contribution in [3.63, 3.8) is 0 Å². The first-order chi connectivity index (χ1) is 6.27. The van der Waals surface area contributed by atoms with Crippen LogP contribution in [-0.4, -0.2) is 47.7 Å². The maximum absolute atomic E-state index is 9.56. The Morgan fingerprint density at radius 2 is 2.00 bits per heavy atom. The summed E-state index contributed by atoms with van der Waals surface area (Å²) < 4.78 is 5.37. The monoisotopic (exact) mass is 187 g/mol. The lowest BCUT2D eigenvalue weighted by atomic mass is 10.0. The molecule has 0 aromatic rings. The average molecular weight is 187 g/mol. The molecule has 76 valence electrons. The molecule has 4 nitrogen and oxygen atoms in total. The molecule has 2 fully saturated rings. The third-order valence-electron chi connectivity index (χ3n) is 2.71. The lowest BCUT2D eigenvalue weighted by molar-refractivity contribution is -0.132. The first-order valence-electron chi connectivity index (χ1n) is 4.98. The van der Waals surface area contributed by atoms with E-state index >= 15 is 0 Å². The normalized spacial score (nSPS) is 40.6. The first kappa shape index (κ1) is 9.40. The van der Waals surface area contributed by atoms with E-state index in [2.05, 4.69) is 5.32 Å². The maximum Gasteiger partial charge on any atom is 0.107 e. The lowest BCUT2D eigenvalue weighted by Gasteiger charge is -2.32. The third-order valence-corrected chi connectivity index (χ3v) is 2.71. The molecule has 1 aliphatic heterocycles. The van der Waals surface area contributed by atoms with Crippen molar-refractivity contribution < 1.29 is 14.9 Å². The van der Waals surface area contributed by atoms with Crippen molar-refractivity contribution in [1.29, 1.82) is 0 Å². The van der Waals surface area contributed by atoms with Crippen LogP contribution in [0.15, 0.2) is 0 Å². The van der Waals surface area contributed by atoms with Gasteiger partial charge < -0.3 is 20.3 Å². The fraction of sp³-hybridized carbons (Fsp3) is 1.00. The highest BCUT2D eigenvalue weighted by Gasteiger charge is 2.32. The molecule has 0 bridgehead atoms. The van der Waals surface area contributed by atoms with E-state index in [1.54, 1.807) is 0 Å². The molecule has 1 heterocycles. The van der Waals surface area contributed by atoms with Crippen LogP contribution in [0.1, 0.15) is 19.3 Å². The number of ether oxygens (including phenoxy) is 1. The zero-order valence-corrected chi connectivity index (χ0v) is 7.65. The van der Waals surface area contributed by atoms with Crippen molar-refractivity contribution in [2.24, 2.45) is 0 Å². The minimum absolute atomic E-state index is 0.232. The molecule has 2 rings (SSSR count). The van der Waals surface area contributed by atoms with Gasteiger partial charge in [0.15, 0.2) is 0 Å². The van der Waals surface area contributed by atoms with Crippen molar-refractivity contribution in [3.05, 3.63) is 0 Å². The molecule has 2 aliphatic rings. The summed E-state index contributed by atoms with van der Waals surface area (Å²) in [6, 6.07) is 0.620. The van der Waals surface area contributed by atoms with Crippen molar-refractivity contribution in [3.8, 4) is 0 Å². The molecule has 0 aromatic carbocycles. The molecule has 1 saturated carbocycles. The van der Waals surface area contributed by atoms with Crippen LogP contribution >= 0.6 is 0 Å². The van der Waals surface area contributed by atoms with E-state index in [-0.39, 0.29) is 6.10 Å². The Kier molecular flexibility index (Phi) is 2.83. The van der Waals surface area contributed by atoms with Crippen LogP contribution in [0.25, 0.3) is 0 Å². The summed E-state index contributed by atoms with van der Waals surface area (Å²) in [7, 11) is 0. The summed E-state index contributed by atoms with van der Waals surface area (Å²) >= 11 is 0. The number of nitrogens with one attached hydrogen (secondary N) is 1. The van der Waals surface area contributed by atoms with Gasteiger partial charge in [-0.25, -0.2) is 0 Å². The van der Waals surface area contributed by atoms with Crippen LogP contribution in [0, 0.1) is 0 Å². The highest BCUT2D eigenvalue weighted by Crippen LogP contribution is 2.20. The summed E-state index contributed by atoms with van der Waals surface area (Å²) in [4.78, 5) is 0. The number of aliphatic hydroxyl groups is 2. The fourth-order valence-corrected chi connectivity index (χ4v) is 1.61. The fourth-order valence-electron chi connectivity index (χ4n) is 1.61. The van der Waals surface area contributed by atoms with E-state index in [9.17, 15) is 10.2 Å². The summed E-state index contributed by atoms with van der Waals surface area (Å²) in [5.41, 5.74) is 0. The number of hydrogen-bond acceptors (Lipinski definition) is 4. The summed E-state index contributed by atoms with van der Waals surface area (Å²) in [5, 5.41) is 22.2. The Bertz CT molecular complexity index is 172. The molecule has 4 heteroatoms. The second-order valence-electron chi connectivity index (χ2n) is 3.94. The smallest absolute Gasteiger partial charge is 0.107 e. The van der Waals surface area contributed by atoms with Crippen molar-refractivity contribution in [2.45, 2.75) is 43.6 Å². The first-order valence-corrected chi connectivity index (χ1v) is 4.98. The predicted octanol–water partition coefficient (Wildman–Crippen LogP) is -0.751. The van der Waals surface area contributed by atoms with Crippen molar-refractivity contribution in [1.82, 2.24) is 5.32 Å². The van der Waals surface area contributed by atoms with Gasteiger partial charge >= 0.3 is 0 Å². The zero-order chi connectivity index (χ0) is 9.26. The third kappa shape index (κ3) is 2.40. The molecular weight excluding hydrogens is 170 g/mol. The van der Waals surface area contributed by atoms with Gasteiger partial charge in [-0.2, -0.15) is 0 Å². The summed E-state index contributed by atoms with van der Waals surface area (Å²) in [6.07, 6.45) is 1.43. The molecule has 13 heavy (non-hydrogen) atoms. The Labute approximate surface area is 77.9 Å². The van der Waals surface area contributed by atoms with Gasteiger partial charge in [0.25, 0.3) is 0 Å². The molecule has 0 amide bonds. The summed E-state index contributed by atoms with van der Waals surface area (Å²) in [5.74, 6) is 0. The van der Waals surface area contributed by atoms with Gasteiger partial charge in [-0.15, -0.1) is 0 Å². The highest BCUT2D eigenvalue weighted by molar-refractivity contribution is 4.87. The van der Waals surface area contributed by atoms with Gasteiger partial charge in [-0.05, 0) is 19.3 Å². The van der Waals surface area contributed by atoms with Crippen LogP contribution < -0.4 is 5.32 Å². The summed E-state index contributed by atoms with van der Waals surface area (Å²) in [6.45, 7) is 1.21. The number of hydrogen-bond donors (Lipinski definition) is 3. The number of rotatable bonds is 3. The van der Waals surface area contributed by atoms with E-state index in [1.165, 1.54) is 12.8 Å². The van der Waals surface area contributed by atoms with Crippen LogP contribution in [0.5, 0.6) is 0 Å². The van der Waals surface area contributed by atoms with Crippen LogP contribution in [-0.2, 0) is 4.74 Å². The quantitative estimate of drug-likeness (QED) is 0.544. The van der Waals surface area contributed by atoms with E-state index < -0.39 is 12.2 Å². The SMILES string of the molecule is OC1CCOC(CNC2CC2)C1O. The van der Waals surface area contributed by atoms with E-state index in [0.29, 0.717) is 25.6 Å². The van der Waals surface area contributed by atoms with Crippen LogP contribution in [0.4, 0.5) is 0 Å². The molecular formula is C9H17NO3. The highest BCUT2D eigenvalue weighted by atomic mass is 16.5. The molecule has 3 atom stereocenters. The molecule has 0 spiro atoms.